The summed E-state index contributed by atoms with van der Waals surface area (Å²) in [5.41, 5.74) is 0.470. The van der Waals surface area contributed by atoms with Gasteiger partial charge in [0.2, 0.25) is 10.0 Å². The van der Waals surface area contributed by atoms with Crippen molar-refractivity contribution in [2.24, 2.45) is 0 Å². The van der Waals surface area contributed by atoms with E-state index in [4.69, 9.17) is 0 Å². The van der Waals surface area contributed by atoms with Gasteiger partial charge < -0.3 is 4.90 Å². The summed E-state index contributed by atoms with van der Waals surface area (Å²) in [5, 5.41) is 0. The van der Waals surface area contributed by atoms with Crippen LogP contribution in [-0.4, -0.2) is 38.9 Å². The molecule has 1 heterocycles. The van der Waals surface area contributed by atoms with Crippen LogP contribution in [0.25, 0.3) is 0 Å². The number of anilines is 1. The molecule has 2 aromatic carbocycles. The third kappa shape index (κ3) is 3.31. The zero-order chi connectivity index (χ0) is 17.3. The Morgan fingerprint density at radius 2 is 1.62 bits per heavy atom. The molecule has 1 aliphatic heterocycles. The van der Waals surface area contributed by atoms with Crippen molar-refractivity contribution in [2.75, 3.05) is 31.1 Å². The molecule has 0 N–H and O–H groups in total. The first-order chi connectivity index (χ1) is 11.4. The minimum atomic E-state index is -3.73. The zero-order valence-corrected chi connectivity index (χ0v) is 15.0. The van der Waals surface area contributed by atoms with Gasteiger partial charge in [-0.15, -0.1) is 0 Å². The van der Waals surface area contributed by atoms with Crippen molar-refractivity contribution < 1.29 is 17.2 Å². The molecule has 3 rings (SSSR count). The van der Waals surface area contributed by atoms with Gasteiger partial charge in [0.15, 0.2) is 0 Å². The second-order valence-corrected chi connectivity index (χ2v) is 8.18. The van der Waals surface area contributed by atoms with Gasteiger partial charge in [0.05, 0.1) is 10.6 Å². The monoisotopic (exact) mass is 416 g/mol. The van der Waals surface area contributed by atoms with Gasteiger partial charge in [0.1, 0.15) is 11.6 Å². The average molecular weight is 417 g/mol. The highest BCUT2D eigenvalue weighted by molar-refractivity contribution is 9.10. The number of nitrogens with zero attached hydrogens (tertiary/aromatic N) is 2. The van der Waals surface area contributed by atoms with Gasteiger partial charge in [0, 0.05) is 30.7 Å². The molecule has 1 fully saturated rings. The minimum Gasteiger partial charge on any atom is -0.367 e. The van der Waals surface area contributed by atoms with Crippen molar-refractivity contribution in [2.45, 2.75) is 4.90 Å². The van der Waals surface area contributed by atoms with E-state index >= 15 is 0 Å². The third-order valence-electron chi connectivity index (χ3n) is 3.94. The number of piperazine rings is 1. The molecular weight excluding hydrogens is 402 g/mol. The van der Waals surface area contributed by atoms with Crippen LogP contribution in [0.5, 0.6) is 0 Å². The fraction of sp³-hybridized carbons (Fsp3) is 0.250. The molecule has 2 aromatic rings. The van der Waals surface area contributed by atoms with Crippen LogP contribution in [0.2, 0.25) is 0 Å². The zero-order valence-electron chi connectivity index (χ0n) is 12.6. The largest absolute Gasteiger partial charge is 0.367 e. The van der Waals surface area contributed by atoms with Crippen molar-refractivity contribution in [1.82, 2.24) is 4.31 Å². The molecular formula is C16H15BrF2N2O2S. The van der Waals surface area contributed by atoms with E-state index < -0.39 is 15.8 Å². The SMILES string of the molecule is O=S(=O)(c1ccc(F)cc1Br)N1CCN(c2ccccc2F)CC1. The number of hydrogen-bond acceptors (Lipinski definition) is 3. The maximum absolute atomic E-state index is 13.8. The van der Waals surface area contributed by atoms with Crippen LogP contribution in [0.4, 0.5) is 14.5 Å². The Hall–Kier alpha value is -1.51. The van der Waals surface area contributed by atoms with E-state index in [-0.39, 0.29) is 28.3 Å². The molecule has 0 aromatic heterocycles. The summed E-state index contributed by atoms with van der Waals surface area (Å²) < 4.78 is 54.0. The molecule has 0 spiro atoms. The minimum absolute atomic E-state index is 0.0308. The number of halogens is 3. The van der Waals surface area contributed by atoms with Crippen molar-refractivity contribution in [3.05, 3.63) is 58.6 Å². The third-order valence-corrected chi connectivity index (χ3v) is 6.82. The fourth-order valence-electron chi connectivity index (χ4n) is 2.70. The Morgan fingerprint density at radius 1 is 0.958 bits per heavy atom. The molecule has 0 unspecified atom stereocenters. The predicted octanol–water partition coefficient (Wildman–Crippen LogP) is 3.24. The Morgan fingerprint density at radius 3 is 2.25 bits per heavy atom. The van der Waals surface area contributed by atoms with Crippen LogP contribution in [-0.2, 0) is 10.0 Å². The number of para-hydroxylation sites is 1. The average Bonchev–Trinajstić information content (AvgIpc) is 2.55. The van der Waals surface area contributed by atoms with E-state index in [1.807, 2.05) is 4.90 Å². The highest BCUT2D eigenvalue weighted by atomic mass is 79.9. The van der Waals surface area contributed by atoms with Crippen LogP contribution >= 0.6 is 15.9 Å². The normalized spacial score (nSPS) is 16.4. The van der Waals surface area contributed by atoms with Crippen LogP contribution in [0.1, 0.15) is 0 Å². The van der Waals surface area contributed by atoms with Crippen LogP contribution in [0.15, 0.2) is 51.8 Å². The van der Waals surface area contributed by atoms with E-state index in [9.17, 15) is 17.2 Å². The lowest BCUT2D eigenvalue weighted by Crippen LogP contribution is -2.49. The summed E-state index contributed by atoms with van der Waals surface area (Å²) in [6, 6.07) is 9.92. The molecule has 128 valence electrons. The molecule has 4 nitrogen and oxygen atoms in total. The Labute approximate surface area is 147 Å². The highest BCUT2D eigenvalue weighted by Crippen LogP contribution is 2.28. The Balaban J connectivity index is 1.78. The van der Waals surface area contributed by atoms with Crippen LogP contribution in [0, 0.1) is 11.6 Å². The summed E-state index contributed by atoms with van der Waals surface area (Å²) in [4.78, 5) is 1.85. The van der Waals surface area contributed by atoms with Gasteiger partial charge in [-0.05, 0) is 46.3 Å². The molecule has 0 saturated carbocycles. The number of hydrogen-bond donors (Lipinski definition) is 0. The van der Waals surface area contributed by atoms with Crippen molar-refractivity contribution in [3.63, 3.8) is 0 Å². The topological polar surface area (TPSA) is 40.6 Å². The highest BCUT2D eigenvalue weighted by Gasteiger charge is 2.30. The quantitative estimate of drug-likeness (QED) is 0.770. The standard InChI is InChI=1S/C16H15BrF2N2O2S/c17-13-11-12(18)5-6-16(13)24(22,23)21-9-7-20(8-10-21)15-4-2-1-3-14(15)19/h1-6,11H,7-10H2. The summed E-state index contributed by atoms with van der Waals surface area (Å²) in [5.74, 6) is -0.833. The lowest BCUT2D eigenvalue weighted by atomic mass is 10.2. The van der Waals surface area contributed by atoms with Crippen LogP contribution in [0.3, 0.4) is 0 Å². The van der Waals surface area contributed by atoms with E-state index in [2.05, 4.69) is 15.9 Å². The molecule has 8 heteroatoms. The number of rotatable bonds is 3. The van der Waals surface area contributed by atoms with Gasteiger partial charge in [-0.25, -0.2) is 17.2 Å². The summed E-state index contributed by atoms with van der Waals surface area (Å²) in [7, 11) is -3.73. The van der Waals surface area contributed by atoms with E-state index in [0.29, 0.717) is 18.8 Å². The van der Waals surface area contributed by atoms with Gasteiger partial charge in [-0.1, -0.05) is 12.1 Å². The first-order valence-corrected chi connectivity index (χ1v) is 9.57. The van der Waals surface area contributed by atoms with Crippen molar-refractivity contribution in [1.29, 1.82) is 0 Å². The van der Waals surface area contributed by atoms with Crippen molar-refractivity contribution in [3.8, 4) is 0 Å². The Kier molecular flexibility index (Phi) is 4.89. The van der Waals surface area contributed by atoms with E-state index in [1.54, 1.807) is 18.2 Å². The molecule has 0 bridgehead atoms. The number of sulfonamides is 1. The van der Waals surface area contributed by atoms with Gasteiger partial charge >= 0.3 is 0 Å². The lowest BCUT2D eigenvalue weighted by Gasteiger charge is -2.35. The molecule has 1 aliphatic rings. The van der Waals surface area contributed by atoms with Gasteiger partial charge in [-0.3, -0.25) is 0 Å². The van der Waals surface area contributed by atoms with E-state index in [1.165, 1.54) is 16.4 Å². The smallest absolute Gasteiger partial charge is 0.244 e. The maximum Gasteiger partial charge on any atom is 0.244 e. The maximum atomic E-state index is 13.8. The van der Waals surface area contributed by atoms with Crippen molar-refractivity contribution >= 4 is 31.6 Å². The molecule has 0 radical (unpaired) electrons. The summed E-state index contributed by atoms with van der Waals surface area (Å²) in [6.07, 6.45) is 0. The second-order valence-electron chi connectivity index (χ2n) is 5.42. The molecule has 1 saturated heterocycles. The fourth-order valence-corrected chi connectivity index (χ4v) is 5.13. The number of benzene rings is 2. The van der Waals surface area contributed by atoms with Gasteiger partial charge in [-0.2, -0.15) is 4.31 Å². The van der Waals surface area contributed by atoms with Crippen LogP contribution < -0.4 is 4.90 Å². The molecule has 0 aliphatic carbocycles. The summed E-state index contributed by atoms with van der Waals surface area (Å²) >= 11 is 3.10. The molecule has 0 amide bonds. The first kappa shape index (κ1) is 17.3. The predicted molar refractivity (Wildman–Crippen MR) is 91.5 cm³/mol. The lowest BCUT2D eigenvalue weighted by molar-refractivity contribution is 0.383. The molecule has 24 heavy (non-hydrogen) atoms. The Bertz CT molecular complexity index is 853. The van der Waals surface area contributed by atoms with E-state index in [0.717, 1.165) is 12.1 Å². The second kappa shape index (κ2) is 6.78. The van der Waals surface area contributed by atoms with Gasteiger partial charge in [0.25, 0.3) is 0 Å². The summed E-state index contributed by atoms with van der Waals surface area (Å²) in [6.45, 7) is 1.25. The first-order valence-electron chi connectivity index (χ1n) is 7.34. The molecule has 0 atom stereocenters.